The lowest BCUT2D eigenvalue weighted by Gasteiger charge is -2.38. The highest BCUT2D eigenvalue weighted by molar-refractivity contribution is 9.11. The molecule has 3 aromatic heterocycles. The van der Waals surface area contributed by atoms with Crippen molar-refractivity contribution in [1.82, 2.24) is 39.9 Å². The van der Waals surface area contributed by atoms with Crippen LogP contribution in [-0.2, 0) is 52.9 Å². The van der Waals surface area contributed by atoms with E-state index in [1.807, 2.05) is 62.5 Å². The van der Waals surface area contributed by atoms with Crippen LogP contribution in [0.1, 0.15) is 183 Å². The number of benzene rings is 3. The number of hydrogen-bond donors (Lipinski definition) is 2. The van der Waals surface area contributed by atoms with Gasteiger partial charge < -0.3 is 35.4 Å². The van der Waals surface area contributed by atoms with Gasteiger partial charge in [0.05, 0.1) is 17.1 Å². The van der Waals surface area contributed by atoms with Crippen LogP contribution in [0.3, 0.4) is 0 Å². The Bertz CT molecular complexity index is 3990. The number of hydrogen-bond acceptors (Lipinski definition) is 9. The first-order chi connectivity index (χ1) is 47.9. The molecule has 6 aromatic rings. The minimum Gasteiger partial charge on any atom is -0.444 e. The maximum atomic E-state index is 13.3. The molecule has 0 bridgehead atoms. The number of ether oxygens (including phenoxy) is 1. The summed E-state index contributed by atoms with van der Waals surface area (Å²) >= 11 is 41.5. The highest BCUT2D eigenvalue weighted by Gasteiger charge is 2.41. The van der Waals surface area contributed by atoms with Crippen molar-refractivity contribution in [2.75, 3.05) is 65.4 Å². The van der Waals surface area contributed by atoms with E-state index < -0.39 is 5.60 Å². The standard InChI is InChI=1S/C31H38Br2ClN3O3.C27H31Br2ClN4O2.C19H19Br2ClN2/c1-31(2,3)40-30(39)37-10-6-19(7-11-37)14-26(38)36-12-8-20(9-13-36)28-27-21(16-24(34)17-25(27)33)4-5-22-15-23(32)18-35-29(22)28;28-20-12-19-2-1-18-13-21(30)14-22(29)24(18)25(26(19)32-15-20)17-5-9-33(10-6-17)23(35)11-16-3-7-34(8-4-16)27(31)36;20-14-7-13-2-1-12-8-15(22)9-16(21)17(12)18(19(13)24-10-14)11-3-5-23-6-4-11/h15-20,28H,4-14H2,1-3H3;12-17,25H,1-11H2,(H2,31,36);7-11,18,23H,1-6H2. The summed E-state index contributed by atoms with van der Waals surface area (Å²) in [7, 11) is 0. The summed E-state index contributed by atoms with van der Waals surface area (Å²) in [6.07, 6.45) is 21.9. The van der Waals surface area contributed by atoms with Crippen molar-refractivity contribution in [3.8, 4) is 0 Å². The fourth-order valence-corrected chi connectivity index (χ4v) is 21.5. The Labute approximate surface area is 654 Å². The molecule has 3 atom stereocenters. The molecule has 0 saturated carbocycles. The van der Waals surface area contributed by atoms with Crippen LogP contribution < -0.4 is 11.1 Å². The van der Waals surface area contributed by atoms with E-state index in [4.69, 9.17) is 60.2 Å². The van der Waals surface area contributed by atoms with Crippen molar-refractivity contribution in [2.24, 2.45) is 35.3 Å². The van der Waals surface area contributed by atoms with Gasteiger partial charge in [0.15, 0.2) is 0 Å². The fraction of sp³-hybridized carbons (Fsp3) is 0.519. The number of nitrogens with one attached hydrogen (secondary N) is 1. The molecule has 0 spiro atoms. The van der Waals surface area contributed by atoms with Crippen LogP contribution in [0, 0.1) is 29.6 Å². The summed E-state index contributed by atoms with van der Waals surface area (Å²) < 4.78 is 11.8. The van der Waals surface area contributed by atoms with Crippen LogP contribution in [-0.4, -0.2) is 130 Å². The fourth-order valence-electron chi connectivity index (χ4n) is 17.0. The predicted molar refractivity (Wildman–Crippen MR) is 419 cm³/mol. The molecule has 14 nitrogen and oxygen atoms in total. The van der Waals surface area contributed by atoms with Gasteiger partial charge in [-0.2, -0.15) is 0 Å². The third-order valence-electron chi connectivity index (χ3n) is 22.0. The summed E-state index contributed by atoms with van der Waals surface area (Å²) in [5.41, 5.74) is 20.4. The zero-order valence-corrected chi connectivity index (χ0v) is 68.8. The molecule has 23 heteroatoms. The monoisotopic (exact) mass is 1800 g/mol. The smallest absolute Gasteiger partial charge is 0.410 e. The van der Waals surface area contributed by atoms with Gasteiger partial charge >= 0.3 is 12.1 Å². The summed E-state index contributed by atoms with van der Waals surface area (Å²) in [4.78, 5) is 72.5. The normalized spacial score (nSPS) is 20.8. The lowest BCUT2D eigenvalue weighted by molar-refractivity contribution is -0.134. The summed E-state index contributed by atoms with van der Waals surface area (Å²) in [6.45, 7) is 13.5. The van der Waals surface area contributed by atoms with Gasteiger partial charge in [0.1, 0.15) is 5.60 Å². The van der Waals surface area contributed by atoms with E-state index >= 15 is 0 Å². The van der Waals surface area contributed by atoms with Crippen molar-refractivity contribution in [1.29, 1.82) is 0 Å². The second-order valence-electron chi connectivity index (χ2n) is 29.5. The molecular weight excluding hydrogens is 1720 g/mol. The van der Waals surface area contributed by atoms with Crippen LogP contribution in [0.5, 0.6) is 0 Å². The molecule has 3 aromatic carbocycles. The first kappa shape index (κ1) is 76.0. The number of carbonyl (C=O) groups is 4. The van der Waals surface area contributed by atoms with Crippen LogP contribution in [0.2, 0.25) is 15.1 Å². The third-order valence-corrected chi connectivity index (χ3v) is 25.9. The molecule has 5 aliphatic heterocycles. The van der Waals surface area contributed by atoms with E-state index in [2.05, 4.69) is 142 Å². The predicted octanol–water partition coefficient (Wildman–Crippen LogP) is 19.2. The van der Waals surface area contributed by atoms with Gasteiger partial charge in [0.25, 0.3) is 0 Å². The average molecular weight is 1810 g/mol. The number of aryl methyl sites for hydroxylation is 6. The minimum absolute atomic E-state index is 0.168. The van der Waals surface area contributed by atoms with Gasteiger partial charge in [-0.05, 0) is 319 Å². The number of likely N-dealkylation sites (tertiary alicyclic amines) is 4. The van der Waals surface area contributed by atoms with Crippen LogP contribution in [0.25, 0.3) is 0 Å². The molecule has 5 amide bonds. The largest absolute Gasteiger partial charge is 0.444 e. The molecule has 8 heterocycles. The lowest BCUT2D eigenvalue weighted by atomic mass is 9.76. The Morgan fingerprint density at radius 1 is 0.450 bits per heavy atom. The zero-order chi connectivity index (χ0) is 70.7. The van der Waals surface area contributed by atoms with Gasteiger partial charge in [0, 0.05) is 143 Å². The lowest BCUT2D eigenvalue weighted by Crippen LogP contribution is -2.44. The summed E-state index contributed by atoms with van der Waals surface area (Å²) in [6, 6.07) is 18.7. The van der Waals surface area contributed by atoms with E-state index in [1.165, 1.54) is 68.6 Å². The van der Waals surface area contributed by atoms with Gasteiger partial charge in [-0.1, -0.05) is 82.6 Å². The number of pyridine rings is 3. The number of piperidine rings is 5. The van der Waals surface area contributed by atoms with Gasteiger partial charge in [0.2, 0.25) is 11.8 Å². The molecule has 0 radical (unpaired) electrons. The van der Waals surface area contributed by atoms with Crippen molar-refractivity contribution in [2.45, 2.75) is 160 Å². The van der Waals surface area contributed by atoms with Crippen molar-refractivity contribution in [3.05, 3.63) is 182 Å². The minimum atomic E-state index is -0.493. The Morgan fingerprint density at radius 3 is 1.09 bits per heavy atom. The molecule has 5 fully saturated rings. The van der Waals surface area contributed by atoms with E-state index in [0.717, 1.165) is 182 Å². The molecule has 3 unspecified atom stereocenters. The Balaban J connectivity index is 0.000000146. The van der Waals surface area contributed by atoms with E-state index in [9.17, 15) is 19.2 Å². The number of halogens is 9. The second kappa shape index (κ2) is 33.8. The highest BCUT2D eigenvalue weighted by Crippen LogP contribution is 2.50. The molecular formula is C77H88Br6Cl3N9O5. The zero-order valence-electron chi connectivity index (χ0n) is 57.0. The van der Waals surface area contributed by atoms with Crippen molar-refractivity contribution in [3.63, 3.8) is 0 Å². The first-order valence-electron chi connectivity index (χ1n) is 35.6. The van der Waals surface area contributed by atoms with Crippen LogP contribution in [0.15, 0.2) is 100 Å². The Hall–Kier alpha value is -3.70. The average Bonchev–Trinajstić information content (AvgIpc) is 1.52. The van der Waals surface area contributed by atoms with Crippen LogP contribution >= 0.6 is 130 Å². The number of fused-ring (bicyclic) bond motifs is 6. The van der Waals surface area contributed by atoms with Crippen molar-refractivity contribution >= 4 is 154 Å². The first-order valence-corrected chi connectivity index (χ1v) is 41.5. The van der Waals surface area contributed by atoms with Gasteiger partial charge in [-0.15, -0.1) is 0 Å². The molecule has 3 aliphatic carbocycles. The van der Waals surface area contributed by atoms with E-state index in [0.29, 0.717) is 74.5 Å². The van der Waals surface area contributed by atoms with E-state index in [1.54, 1.807) is 9.80 Å². The SMILES string of the molecule is CC(C)(C)OC(=O)N1CCC(CC(=O)N2CCC(C3c4ncc(Br)cc4CCc4cc(Cl)cc(Br)c43)CC2)CC1.Clc1cc(Br)c2c(c1)CCc1cc(Br)cnc1C2C1CCNCC1.NC(=O)N1CCC(CC(=O)N2CCC(C3c4ncc(Br)cc4CCc4cc(Cl)cc(Br)c43)CC2)CC1. The number of primary amides is 1. The topological polar surface area (TPSA) is 167 Å². The highest BCUT2D eigenvalue weighted by atomic mass is 79.9. The number of nitrogens with zero attached hydrogens (tertiary/aromatic N) is 7. The maximum Gasteiger partial charge on any atom is 0.410 e. The number of aromatic nitrogens is 3. The molecule has 3 N–H and O–H groups in total. The Kier molecular flexibility index (Phi) is 25.7. The van der Waals surface area contributed by atoms with Crippen LogP contribution in [0.4, 0.5) is 9.59 Å². The number of carbonyl (C=O) groups excluding carboxylic acids is 4. The third kappa shape index (κ3) is 18.4. The Morgan fingerprint density at radius 2 is 0.760 bits per heavy atom. The van der Waals surface area contributed by atoms with Crippen molar-refractivity contribution < 1.29 is 23.9 Å². The maximum absolute atomic E-state index is 13.3. The summed E-state index contributed by atoms with van der Waals surface area (Å²) in [5.74, 6) is 3.22. The molecule has 14 rings (SSSR count). The molecule has 534 valence electrons. The molecule has 100 heavy (non-hydrogen) atoms. The van der Waals surface area contributed by atoms with Gasteiger partial charge in [-0.3, -0.25) is 24.5 Å². The number of rotatable bonds is 7. The quantitative estimate of drug-likeness (QED) is 0.158. The number of amides is 5. The number of urea groups is 1. The summed E-state index contributed by atoms with van der Waals surface area (Å²) in [5, 5.41) is 5.80. The van der Waals surface area contributed by atoms with Gasteiger partial charge in [-0.25, -0.2) is 9.59 Å². The molecule has 8 aliphatic rings. The molecule has 5 saturated heterocycles. The second-order valence-corrected chi connectivity index (χ2v) is 36.1. The number of nitrogens with two attached hydrogens (primary N) is 1. The van der Waals surface area contributed by atoms with E-state index in [-0.39, 0.29) is 35.8 Å².